The minimum Gasteiger partial charge on any atom is -0.335 e. The molecule has 0 atom stereocenters. The number of nitrogens with zero attached hydrogens (tertiary/aromatic N) is 2. The van der Waals surface area contributed by atoms with Gasteiger partial charge in [-0.1, -0.05) is 25.0 Å². The van der Waals surface area contributed by atoms with E-state index in [9.17, 15) is 21.6 Å². The Morgan fingerprint density at radius 1 is 1.07 bits per heavy atom. The van der Waals surface area contributed by atoms with E-state index in [1.807, 2.05) is 0 Å². The molecule has 0 aliphatic heterocycles. The third kappa shape index (κ3) is 3.61. The molecule has 0 bridgehead atoms. The van der Waals surface area contributed by atoms with E-state index in [0.29, 0.717) is 5.56 Å². The standard InChI is InChI=1S/C18H17F3N4O2S/c19-18(20,21)12-7-5-11(6-8-12)16-23-15-14(9-10-22-17(15)24-16)28(26,27)25-13-3-1-2-4-13/h5-10,13,25H,1-4H2,(H,22,23,24). The van der Waals surface area contributed by atoms with Gasteiger partial charge in [0.2, 0.25) is 10.0 Å². The highest BCUT2D eigenvalue weighted by atomic mass is 32.2. The average Bonchev–Trinajstić information content (AvgIpc) is 3.29. The summed E-state index contributed by atoms with van der Waals surface area (Å²) in [6.07, 6.45) is 0.493. The predicted octanol–water partition coefficient (Wildman–Crippen LogP) is 3.86. The first-order chi connectivity index (χ1) is 13.2. The zero-order valence-electron chi connectivity index (χ0n) is 14.6. The molecule has 0 radical (unpaired) electrons. The maximum absolute atomic E-state index is 12.8. The molecule has 1 fully saturated rings. The number of aromatic nitrogens is 3. The number of hydrogen-bond donors (Lipinski definition) is 2. The Hall–Kier alpha value is -2.46. The molecule has 1 saturated carbocycles. The zero-order valence-corrected chi connectivity index (χ0v) is 15.4. The van der Waals surface area contributed by atoms with Crippen molar-refractivity contribution in [3.8, 4) is 11.4 Å². The van der Waals surface area contributed by atoms with Gasteiger partial charge in [0, 0.05) is 17.8 Å². The summed E-state index contributed by atoms with van der Waals surface area (Å²) in [5, 5.41) is 0. The van der Waals surface area contributed by atoms with Crippen molar-refractivity contribution in [1.29, 1.82) is 0 Å². The molecule has 2 aromatic heterocycles. The summed E-state index contributed by atoms with van der Waals surface area (Å²) in [6, 6.07) is 5.76. The van der Waals surface area contributed by atoms with Crippen LogP contribution in [0.5, 0.6) is 0 Å². The number of sulfonamides is 1. The maximum atomic E-state index is 12.8. The van der Waals surface area contributed by atoms with Gasteiger partial charge in [0.1, 0.15) is 16.2 Å². The lowest BCUT2D eigenvalue weighted by atomic mass is 10.1. The zero-order chi connectivity index (χ0) is 19.9. The summed E-state index contributed by atoms with van der Waals surface area (Å²) in [5.74, 6) is 0.250. The highest BCUT2D eigenvalue weighted by Crippen LogP contribution is 2.31. The Balaban J connectivity index is 1.71. The summed E-state index contributed by atoms with van der Waals surface area (Å²) in [6.45, 7) is 0. The van der Waals surface area contributed by atoms with Gasteiger partial charge in [0.05, 0.1) is 5.56 Å². The van der Waals surface area contributed by atoms with Crippen LogP contribution < -0.4 is 4.72 Å². The van der Waals surface area contributed by atoms with Crippen molar-refractivity contribution < 1.29 is 21.6 Å². The molecular formula is C18H17F3N4O2S. The third-order valence-electron chi connectivity index (χ3n) is 4.81. The average molecular weight is 410 g/mol. The molecule has 0 spiro atoms. The van der Waals surface area contributed by atoms with Crippen molar-refractivity contribution in [2.75, 3.05) is 0 Å². The van der Waals surface area contributed by atoms with Crippen molar-refractivity contribution in [2.24, 2.45) is 0 Å². The topological polar surface area (TPSA) is 87.7 Å². The Kier molecular flexibility index (Phi) is 4.62. The Morgan fingerprint density at radius 3 is 2.39 bits per heavy atom. The molecule has 1 aromatic carbocycles. The number of benzene rings is 1. The van der Waals surface area contributed by atoms with Crippen molar-refractivity contribution >= 4 is 21.2 Å². The number of hydrogen-bond acceptors (Lipinski definition) is 4. The van der Waals surface area contributed by atoms with Crippen LogP contribution in [0.2, 0.25) is 0 Å². The van der Waals surface area contributed by atoms with Gasteiger partial charge >= 0.3 is 6.18 Å². The third-order valence-corrected chi connectivity index (χ3v) is 6.37. The van der Waals surface area contributed by atoms with Crippen LogP contribution in [-0.2, 0) is 16.2 Å². The number of fused-ring (bicyclic) bond motifs is 1. The first-order valence-electron chi connectivity index (χ1n) is 8.79. The molecule has 28 heavy (non-hydrogen) atoms. The lowest BCUT2D eigenvalue weighted by molar-refractivity contribution is -0.137. The Bertz CT molecular complexity index is 1100. The van der Waals surface area contributed by atoms with Gasteiger partial charge in [-0.3, -0.25) is 0 Å². The van der Waals surface area contributed by atoms with Crippen LogP contribution in [-0.4, -0.2) is 29.4 Å². The fraction of sp³-hybridized carbons (Fsp3) is 0.333. The van der Waals surface area contributed by atoms with Gasteiger partial charge in [-0.25, -0.2) is 23.1 Å². The number of pyridine rings is 1. The van der Waals surface area contributed by atoms with Crippen molar-refractivity contribution in [3.63, 3.8) is 0 Å². The molecule has 0 amide bonds. The second-order valence-corrected chi connectivity index (χ2v) is 8.45. The van der Waals surface area contributed by atoms with Crippen LogP contribution in [0.1, 0.15) is 31.2 Å². The molecule has 3 aromatic rings. The molecule has 4 rings (SSSR count). The number of nitrogens with one attached hydrogen (secondary N) is 2. The Labute approximate surface area is 159 Å². The van der Waals surface area contributed by atoms with Crippen LogP contribution in [0.4, 0.5) is 13.2 Å². The smallest absolute Gasteiger partial charge is 0.335 e. The fourth-order valence-corrected chi connectivity index (χ4v) is 4.85. The second-order valence-electron chi connectivity index (χ2n) is 6.77. The van der Waals surface area contributed by atoms with E-state index in [-0.39, 0.29) is 27.9 Å². The molecular weight excluding hydrogens is 393 g/mol. The van der Waals surface area contributed by atoms with Crippen LogP contribution in [0, 0.1) is 0 Å². The van der Waals surface area contributed by atoms with Crippen molar-refractivity contribution in [3.05, 3.63) is 42.1 Å². The van der Waals surface area contributed by atoms with Crippen LogP contribution in [0.15, 0.2) is 41.4 Å². The summed E-state index contributed by atoms with van der Waals surface area (Å²) in [7, 11) is -3.78. The molecule has 1 aliphatic rings. The highest BCUT2D eigenvalue weighted by molar-refractivity contribution is 7.89. The summed E-state index contributed by atoms with van der Waals surface area (Å²) in [4.78, 5) is 11.2. The van der Waals surface area contributed by atoms with Gasteiger partial charge in [0.25, 0.3) is 0 Å². The number of H-pyrrole nitrogens is 1. The minimum absolute atomic E-state index is 0.0232. The number of alkyl halides is 3. The normalized spacial score (nSPS) is 16.1. The molecule has 1 aliphatic carbocycles. The van der Waals surface area contributed by atoms with Gasteiger partial charge in [-0.05, 0) is 31.0 Å². The molecule has 0 saturated heterocycles. The molecule has 10 heteroatoms. The SMILES string of the molecule is O=S(=O)(NC1CCCC1)c1ccnc2nc(-c3ccc(C(F)(F)F)cc3)[nH]c12. The van der Waals surface area contributed by atoms with E-state index in [0.717, 1.165) is 37.8 Å². The maximum Gasteiger partial charge on any atom is 0.416 e. The molecule has 0 unspecified atom stereocenters. The second kappa shape index (κ2) is 6.85. The van der Waals surface area contributed by atoms with Crippen molar-refractivity contribution in [2.45, 2.75) is 42.8 Å². The number of halogens is 3. The van der Waals surface area contributed by atoms with E-state index >= 15 is 0 Å². The fourth-order valence-electron chi connectivity index (χ4n) is 3.39. The first kappa shape index (κ1) is 18.9. The van der Waals surface area contributed by atoms with Gasteiger partial charge in [-0.2, -0.15) is 13.2 Å². The highest BCUT2D eigenvalue weighted by Gasteiger charge is 2.30. The number of aromatic amines is 1. The van der Waals surface area contributed by atoms with Crippen LogP contribution >= 0.6 is 0 Å². The van der Waals surface area contributed by atoms with Crippen molar-refractivity contribution in [1.82, 2.24) is 19.7 Å². The monoisotopic (exact) mass is 410 g/mol. The van der Waals surface area contributed by atoms with E-state index in [2.05, 4.69) is 19.7 Å². The number of imidazole rings is 1. The molecule has 2 heterocycles. The van der Waals surface area contributed by atoms with E-state index in [1.165, 1.54) is 24.4 Å². The van der Waals surface area contributed by atoms with E-state index < -0.39 is 21.8 Å². The number of rotatable bonds is 4. The van der Waals surface area contributed by atoms with Gasteiger partial charge in [-0.15, -0.1) is 0 Å². The molecule has 6 nitrogen and oxygen atoms in total. The van der Waals surface area contributed by atoms with Crippen LogP contribution in [0.3, 0.4) is 0 Å². The largest absolute Gasteiger partial charge is 0.416 e. The summed E-state index contributed by atoms with van der Waals surface area (Å²) >= 11 is 0. The quantitative estimate of drug-likeness (QED) is 0.684. The van der Waals surface area contributed by atoms with Crippen LogP contribution in [0.25, 0.3) is 22.6 Å². The Morgan fingerprint density at radius 2 is 1.75 bits per heavy atom. The minimum atomic E-state index is -4.43. The van der Waals surface area contributed by atoms with Gasteiger partial charge in [0.15, 0.2) is 5.65 Å². The van der Waals surface area contributed by atoms with E-state index in [1.54, 1.807) is 0 Å². The predicted molar refractivity (Wildman–Crippen MR) is 96.9 cm³/mol. The molecule has 148 valence electrons. The molecule has 2 N–H and O–H groups in total. The van der Waals surface area contributed by atoms with Gasteiger partial charge < -0.3 is 4.98 Å². The van der Waals surface area contributed by atoms with E-state index in [4.69, 9.17) is 0 Å². The first-order valence-corrected chi connectivity index (χ1v) is 10.3. The lowest BCUT2D eigenvalue weighted by Crippen LogP contribution is -2.32. The summed E-state index contributed by atoms with van der Waals surface area (Å²) < 4.78 is 66.5. The lowest BCUT2D eigenvalue weighted by Gasteiger charge is -2.12. The summed E-state index contributed by atoms with van der Waals surface area (Å²) in [5.41, 5.74) is 0.0414.